The number of hydrogen-bond donors (Lipinski definition) is 1. The largest absolute Gasteiger partial charge is 0.466 e. The standard InChI is InChI=1S/C13H19N3O3S/c1-2-19-12(18)10-3-6-16(7-4-10)9-11(17)15-13-14-5-8-20-13/h5,8,10H,2-4,6-7,9H2,1H3,(H,14,15,17). The average Bonchev–Trinajstić information content (AvgIpc) is 2.92. The van der Waals surface area contributed by atoms with Crippen LogP contribution < -0.4 is 5.32 Å². The van der Waals surface area contributed by atoms with E-state index in [4.69, 9.17) is 4.74 Å². The van der Waals surface area contributed by atoms with Gasteiger partial charge in [0.2, 0.25) is 5.91 Å². The van der Waals surface area contributed by atoms with Crippen LogP contribution in [0.2, 0.25) is 0 Å². The van der Waals surface area contributed by atoms with Crippen LogP contribution in [-0.2, 0) is 14.3 Å². The first-order chi connectivity index (χ1) is 9.69. The first-order valence-corrected chi connectivity index (χ1v) is 7.65. The molecule has 0 aromatic carbocycles. The van der Waals surface area contributed by atoms with Crippen molar-refractivity contribution in [2.75, 3.05) is 31.6 Å². The van der Waals surface area contributed by atoms with E-state index in [0.717, 1.165) is 25.9 Å². The van der Waals surface area contributed by atoms with Crippen LogP contribution in [0.15, 0.2) is 11.6 Å². The summed E-state index contributed by atoms with van der Waals surface area (Å²) in [5, 5.41) is 5.20. The highest BCUT2D eigenvalue weighted by Crippen LogP contribution is 2.18. The number of rotatable bonds is 5. The highest BCUT2D eigenvalue weighted by molar-refractivity contribution is 7.13. The molecule has 0 saturated carbocycles. The van der Waals surface area contributed by atoms with E-state index in [1.54, 1.807) is 6.20 Å². The molecule has 2 heterocycles. The van der Waals surface area contributed by atoms with Crippen LogP contribution >= 0.6 is 11.3 Å². The quantitative estimate of drug-likeness (QED) is 0.831. The zero-order valence-electron chi connectivity index (χ0n) is 11.5. The molecule has 1 N–H and O–H groups in total. The van der Waals surface area contributed by atoms with Crippen LogP contribution in [0.5, 0.6) is 0 Å². The molecule has 0 unspecified atom stereocenters. The van der Waals surface area contributed by atoms with Gasteiger partial charge in [0.05, 0.1) is 19.1 Å². The van der Waals surface area contributed by atoms with E-state index in [9.17, 15) is 9.59 Å². The Morgan fingerprint density at radius 2 is 2.25 bits per heavy atom. The molecular formula is C13H19N3O3S. The smallest absolute Gasteiger partial charge is 0.309 e. The Morgan fingerprint density at radius 3 is 2.85 bits per heavy atom. The molecular weight excluding hydrogens is 278 g/mol. The van der Waals surface area contributed by atoms with Crippen LogP contribution in [0.4, 0.5) is 5.13 Å². The maximum Gasteiger partial charge on any atom is 0.309 e. The van der Waals surface area contributed by atoms with Crippen molar-refractivity contribution in [3.8, 4) is 0 Å². The van der Waals surface area contributed by atoms with E-state index in [1.807, 2.05) is 12.3 Å². The minimum atomic E-state index is -0.112. The number of aromatic nitrogens is 1. The lowest BCUT2D eigenvalue weighted by molar-refractivity contribution is -0.149. The lowest BCUT2D eigenvalue weighted by atomic mass is 9.97. The molecule has 1 aromatic rings. The molecule has 0 aliphatic carbocycles. The number of nitrogens with one attached hydrogen (secondary N) is 1. The van der Waals surface area contributed by atoms with Gasteiger partial charge in [-0.25, -0.2) is 4.98 Å². The predicted octanol–water partition coefficient (Wildman–Crippen LogP) is 1.36. The molecule has 0 atom stereocenters. The Morgan fingerprint density at radius 1 is 1.50 bits per heavy atom. The molecule has 0 bridgehead atoms. The van der Waals surface area contributed by atoms with Crippen LogP contribution in [-0.4, -0.2) is 48.0 Å². The number of nitrogens with zero attached hydrogens (tertiary/aromatic N) is 2. The first-order valence-electron chi connectivity index (χ1n) is 6.77. The fraction of sp³-hybridized carbons (Fsp3) is 0.615. The molecule has 1 amide bonds. The van der Waals surface area contributed by atoms with Gasteiger partial charge in [-0.1, -0.05) is 0 Å². The highest BCUT2D eigenvalue weighted by Gasteiger charge is 2.26. The van der Waals surface area contributed by atoms with Crippen LogP contribution in [0.3, 0.4) is 0 Å². The van der Waals surface area contributed by atoms with E-state index >= 15 is 0 Å². The zero-order valence-corrected chi connectivity index (χ0v) is 12.3. The molecule has 1 aliphatic rings. The number of piperidine rings is 1. The van der Waals surface area contributed by atoms with Crippen molar-refractivity contribution in [3.05, 3.63) is 11.6 Å². The number of ether oxygens (including phenoxy) is 1. The molecule has 1 aliphatic heterocycles. The summed E-state index contributed by atoms with van der Waals surface area (Å²) in [7, 11) is 0. The van der Waals surface area contributed by atoms with Crippen molar-refractivity contribution in [1.82, 2.24) is 9.88 Å². The summed E-state index contributed by atoms with van der Waals surface area (Å²) < 4.78 is 5.02. The topological polar surface area (TPSA) is 71.5 Å². The molecule has 7 heteroatoms. The van der Waals surface area contributed by atoms with Gasteiger partial charge in [-0.05, 0) is 32.9 Å². The molecule has 1 saturated heterocycles. The molecule has 0 radical (unpaired) electrons. The monoisotopic (exact) mass is 297 g/mol. The van der Waals surface area contributed by atoms with Crippen molar-refractivity contribution < 1.29 is 14.3 Å². The highest BCUT2D eigenvalue weighted by atomic mass is 32.1. The number of carbonyl (C=O) groups is 2. The third kappa shape index (κ3) is 4.28. The van der Waals surface area contributed by atoms with Gasteiger partial charge in [0.1, 0.15) is 0 Å². The normalized spacial score (nSPS) is 16.9. The third-order valence-corrected chi connectivity index (χ3v) is 3.94. The summed E-state index contributed by atoms with van der Waals surface area (Å²) >= 11 is 1.40. The minimum absolute atomic E-state index is 0.0202. The number of likely N-dealkylation sites (tertiary alicyclic amines) is 1. The van der Waals surface area contributed by atoms with E-state index in [2.05, 4.69) is 15.2 Å². The molecule has 20 heavy (non-hydrogen) atoms. The predicted molar refractivity (Wildman–Crippen MR) is 76.5 cm³/mol. The lowest BCUT2D eigenvalue weighted by Gasteiger charge is -2.30. The van der Waals surface area contributed by atoms with Crippen molar-refractivity contribution in [2.45, 2.75) is 19.8 Å². The summed E-state index contributed by atoms with van der Waals surface area (Å²) in [4.78, 5) is 29.5. The number of carbonyl (C=O) groups excluding carboxylic acids is 2. The lowest BCUT2D eigenvalue weighted by Crippen LogP contribution is -2.41. The van der Waals surface area contributed by atoms with Gasteiger partial charge in [0.25, 0.3) is 0 Å². The van der Waals surface area contributed by atoms with Gasteiger partial charge < -0.3 is 10.1 Å². The fourth-order valence-corrected chi connectivity index (χ4v) is 2.78. The van der Waals surface area contributed by atoms with Crippen molar-refractivity contribution in [3.63, 3.8) is 0 Å². The van der Waals surface area contributed by atoms with E-state index in [1.165, 1.54) is 11.3 Å². The maximum absolute atomic E-state index is 11.8. The second-order valence-corrected chi connectivity index (χ2v) is 5.58. The Labute approximate surface area is 122 Å². The first kappa shape index (κ1) is 14.9. The molecule has 0 spiro atoms. The summed E-state index contributed by atoms with van der Waals surface area (Å²) in [5.41, 5.74) is 0. The van der Waals surface area contributed by atoms with Crippen LogP contribution in [0.1, 0.15) is 19.8 Å². The van der Waals surface area contributed by atoms with E-state index in [0.29, 0.717) is 18.3 Å². The number of amides is 1. The average molecular weight is 297 g/mol. The number of anilines is 1. The molecule has 1 aromatic heterocycles. The summed E-state index contributed by atoms with van der Waals surface area (Å²) in [6.45, 7) is 4.07. The minimum Gasteiger partial charge on any atom is -0.466 e. The molecule has 2 rings (SSSR count). The second-order valence-electron chi connectivity index (χ2n) is 4.69. The Kier molecular flexibility index (Phi) is 5.49. The number of hydrogen-bond acceptors (Lipinski definition) is 6. The Balaban J connectivity index is 1.71. The summed E-state index contributed by atoms with van der Waals surface area (Å²) in [5.74, 6) is -0.192. The van der Waals surface area contributed by atoms with Gasteiger partial charge in [0, 0.05) is 11.6 Å². The number of thiazole rings is 1. The van der Waals surface area contributed by atoms with E-state index in [-0.39, 0.29) is 17.8 Å². The molecule has 1 fully saturated rings. The van der Waals surface area contributed by atoms with Crippen molar-refractivity contribution in [2.24, 2.45) is 5.92 Å². The fourth-order valence-electron chi connectivity index (χ4n) is 2.23. The van der Waals surface area contributed by atoms with Crippen LogP contribution in [0, 0.1) is 5.92 Å². The van der Waals surface area contributed by atoms with Gasteiger partial charge in [0.15, 0.2) is 5.13 Å². The van der Waals surface area contributed by atoms with Gasteiger partial charge in [-0.2, -0.15) is 0 Å². The SMILES string of the molecule is CCOC(=O)C1CCN(CC(=O)Nc2nccs2)CC1. The summed E-state index contributed by atoms with van der Waals surface area (Å²) in [6, 6.07) is 0. The van der Waals surface area contributed by atoms with Crippen LogP contribution in [0.25, 0.3) is 0 Å². The van der Waals surface area contributed by atoms with Crippen molar-refractivity contribution in [1.29, 1.82) is 0 Å². The third-order valence-electron chi connectivity index (χ3n) is 3.25. The van der Waals surface area contributed by atoms with E-state index < -0.39 is 0 Å². The Bertz CT molecular complexity index is 442. The second kappa shape index (κ2) is 7.35. The molecule has 110 valence electrons. The molecule has 6 nitrogen and oxygen atoms in total. The van der Waals surface area contributed by atoms with Gasteiger partial charge in [-0.15, -0.1) is 11.3 Å². The Hall–Kier alpha value is -1.47. The maximum atomic E-state index is 11.8. The van der Waals surface area contributed by atoms with Crippen molar-refractivity contribution >= 4 is 28.3 Å². The number of esters is 1. The van der Waals surface area contributed by atoms with Gasteiger partial charge >= 0.3 is 5.97 Å². The zero-order chi connectivity index (χ0) is 14.4. The summed E-state index contributed by atoms with van der Waals surface area (Å²) in [6.07, 6.45) is 3.16. The van der Waals surface area contributed by atoms with Gasteiger partial charge in [-0.3, -0.25) is 14.5 Å².